The normalized spacial score (nSPS) is 10.7. The Hall–Kier alpha value is -2.34. The van der Waals surface area contributed by atoms with E-state index in [-0.39, 0.29) is 5.91 Å². The lowest BCUT2D eigenvalue weighted by Gasteiger charge is -2.07. The topological polar surface area (TPSA) is 60.1 Å². The number of benzene rings is 1. The maximum Gasteiger partial charge on any atom is 0.291 e. The molecule has 2 heterocycles. The number of aryl methyl sites for hydroxylation is 2. The smallest absolute Gasteiger partial charge is 0.291 e. The van der Waals surface area contributed by atoms with E-state index in [4.69, 9.17) is 4.42 Å². The van der Waals surface area contributed by atoms with Gasteiger partial charge in [-0.1, -0.05) is 12.1 Å². The molecule has 5 nitrogen and oxygen atoms in total. The van der Waals surface area contributed by atoms with Gasteiger partial charge in [0.15, 0.2) is 10.4 Å². The van der Waals surface area contributed by atoms with Crippen LogP contribution in [0.25, 0.3) is 11.4 Å². The van der Waals surface area contributed by atoms with E-state index in [1.807, 2.05) is 49.0 Å². The van der Waals surface area contributed by atoms with Crippen molar-refractivity contribution in [1.82, 2.24) is 9.55 Å². The molecule has 0 saturated carbocycles. The van der Waals surface area contributed by atoms with Crippen molar-refractivity contribution in [2.75, 3.05) is 5.32 Å². The molecule has 0 unspecified atom stereocenters. The van der Waals surface area contributed by atoms with Gasteiger partial charge in [-0.25, -0.2) is 4.98 Å². The van der Waals surface area contributed by atoms with Gasteiger partial charge in [-0.2, -0.15) is 0 Å². The van der Waals surface area contributed by atoms with Gasteiger partial charge in [0.25, 0.3) is 5.91 Å². The molecule has 0 fully saturated rings. The van der Waals surface area contributed by atoms with Gasteiger partial charge >= 0.3 is 0 Å². The van der Waals surface area contributed by atoms with E-state index >= 15 is 0 Å². The van der Waals surface area contributed by atoms with Crippen LogP contribution in [0.15, 0.2) is 51.8 Å². The number of aromatic nitrogens is 2. The fourth-order valence-corrected chi connectivity index (χ4v) is 2.74. The SMILES string of the molecule is Cc1cc(Br)oc1C(=O)Nc1cccc(-c2nccn2C)c1. The average molecular weight is 360 g/mol. The van der Waals surface area contributed by atoms with Crippen molar-refractivity contribution in [3.63, 3.8) is 0 Å². The number of amides is 1. The van der Waals surface area contributed by atoms with Crippen molar-refractivity contribution in [3.8, 4) is 11.4 Å². The predicted octanol–water partition coefficient (Wildman–Crippen LogP) is 4.00. The van der Waals surface area contributed by atoms with Crippen LogP contribution >= 0.6 is 15.9 Å². The number of halogens is 1. The summed E-state index contributed by atoms with van der Waals surface area (Å²) in [7, 11) is 1.93. The monoisotopic (exact) mass is 359 g/mol. The number of hydrogen-bond acceptors (Lipinski definition) is 3. The lowest BCUT2D eigenvalue weighted by molar-refractivity contribution is 0.0994. The summed E-state index contributed by atoms with van der Waals surface area (Å²) in [6.45, 7) is 1.83. The fraction of sp³-hybridized carbons (Fsp3) is 0.125. The molecule has 0 aliphatic heterocycles. The first-order chi connectivity index (χ1) is 10.5. The molecule has 0 saturated heterocycles. The molecule has 0 bridgehead atoms. The second-order valence-electron chi connectivity index (χ2n) is 4.96. The minimum absolute atomic E-state index is 0.278. The van der Waals surface area contributed by atoms with Gasteiger partial charge in [-0.15, -0.1) is 0 Å². The Balaban J connectivity index is 1.86. The third-order valence-corrected chi connectivity index (χ3v) is 3.68. The average Bonchev–Trinajstić information content (AvgIpc) is 3.04. The second-order valence-corrected chi connectivity index (χ2v) is 5.74. The quantitative estimate of drug-likeness (QED) is 0.768. The van der Waals surface area contributed by atoms with E-state index in [1.54, 1.807) is 12.3 Å². The minimum atomic E-state index is -0.278. The summed E-state index contributed by atoms with van der Waals surface area (Å²) < 4.78 is 7.82. The Morgan fingerprint density at radius 2 is 2.18 bits per heavy atom. The van der Waals surface area contributed by atoms with Crippen LogP contribution in [-0.4, -0.2) is 15.5 Å². The minimum Gasteiger partial charge on any atom is -0.444 e. The number of anilines is 1. The summed E-state index contributed by atoms with van der Waals surface area (Å²) in [4.78, 5) is 16.6. The highest BCUT2D eigenvalue weighted by atomic mass is 79.9. The zero-order chi connectivity index (χ0) is 15.7. The molecule has 2 aromatic heterocycles. The van der Waals surface area contributed by atoms with Crippen molar-refractivity contribution in [3.05, 3.63) is 58.7 Å². The third kappa shape index (κ3) is 2.82. The van der Waals surface area contributed by atoms with Crippen LogP contribution < -0.4 is 5.32 Å². The highest BCUT2D eigenvalue weighted by Crippen LogP contribution is 2.23. The maximum absolute atomic E-state index is 12.3. The van der Waals surface area contributed by atoms with E-state index in [2.05, 4.69) is 26.2 Å². The summed E-state index contributed by atoms with van der Waals surface area (Å²) in [5.41, 5.74) is 2.41. The zero-order valence-electron chi connectivity index (χ0n) is 12.1. The molecule has 1 N–H and O–H groups in total. The van der Waals surface area contributed by atoms with Gasteiger partial charge in [0, 0.05) is 36.3 Å². The van der Waals surface area contributed by atoms with Gasteiger partial charge in [0.05, 0.1) is 0 Å². The molecule has 1 aromatic carbocycles. The fourth-order valence-electron chi connectivity index (χ4n) is 2.24. The molecular formula is C16H14BrN3O2. The van der Waals surface area contributed by atoms with E-state index in [0.29, 0.717) is 16.1 Å². The Labute approximate surface area is 136 Å². The van der Waals surface area contributed by atoms with Crippen molar-refractivity contribution in [2.24, 2.45) is 7.05 Å². The molecule has 0 atom stereocenters. The summed E-state index contributed by atoms with van der Waals surface area (Å²) in [6.07, 6.45) is 3.62. The predicted molar refractivity (Wildman–Crippen MR) is 87.7 cm³/mol. The maximum atomic E-state index is 12.3. The Morgan fingerprint density at radius 3 is 2.82 bits per heavy atom. The molecule has 0 aliphatic rings. The number of nitrogens with one attached hydrogen (secondary N) is 1. The molecular weight excluding hydrogens is 346 g/mol. The van der Waals surface area contributed by atoms with E-state index < -0.39 is 0 Å². The first-order valence-corrected chi connectivity index (χ1v) is 7.49. The van der Waals surface area contributed by atoms with Crippen LogP contribution in [0.5, 0.6) is 0 Å². The first-order valence-electron chi connectivity index (χ1n) is 6.69. The first kappa shape index (κ1) is 14.6. The number of carbonyl (C=O) groups excluding carboxylic acids is 1. The molecule has 6 heteroatoms. The van der Waals surface area contributed by atoms with Crippen molar-refractivity contribution < 1.29 is 9.21 Å². The van der Waals surface area contributed by atoms with Gasteiger partial charge in [-0.3, -0.25) is 4.79 Å². The molecule has 112 valence electrons. The molecule has 1 amide bonds. The van der Waals surface area contributed by atoms with Crippen LogP contribution in [0.4, 0.5) is 5.69 Å². The molecule has 3 aromatic rings. The number of nitrogens with zero attached hydrogens (tertiary/aromatic N) is 2. The molecule has 22 heavy (non-hydrogen) atoms. The second kappa shape index (κ2) is 5.81. The van der Waals surface area contributed by atoms with Crippen LogP contribution in [0.2, 0.25) is 0 Å². The number of imidazole rings is 1. The van der Waals surface area contributed by atoms with Gasteiger partial charge in [0.1, 0.15) is 5.82 Å². The van der Waals surface area contributed by atoms with Gasteiger partial charge in [-0.05, 0) is 41.1 Å². The zero-order valence-corrected chi connectivity index (χ0v) is 13.7. The molecule has 0 aliphatic carbocycles. The van der Waals surface area contributed by atoms with Crippen LogP contribution in [-0.2, 0) is 7.05 Å². The van der Waals surface area contributed by atoms with E-state index in [9.17, 15) is 4.79 Å². The van der Waals surface area contributed by atoms with Crippen LogP contribution in [0.3, 0.4) is 0 Å². The number of rotatable bonds is 3. The standard InChI is InChI=1S/C16H14BrN3O2/c1-10-8-13(17)22-14(10)16(21)19-12-5-3-4-11(9-12)15-18-6-7-20(15)2/h3-9H,1-2H3,(H,19,21). The lowest BCUT2D eigenvalue weighted by Crippen LogP contribution is -2.12. The number of carbonyl (C=O) groups is 1. The Kier molecular flexibility index (Phi) is 3.85. The lowest BCUT2D eigenvalue weighted by atomic mass is 10.2. The van der Waals surface area contributed by atoms with Crippen molar-refractivity contribution in [1.29, 1.82) is 0 Å². The van der Waals surface area contributed by atoms with E-state index in [1.165, 1.54) is 0 Å². The summed E-state index contributed by atoms with van der Waals surface area (Å²) >= 11 is 3.22. The number of hydrogen-bond donors (Lipinski definition) is 1. The van der Waals surface area contributed by atoms with Crippen LogP contribution in [0.1, 0.15) is 16.1 Å². The van der Waals surface area contributed by atoms with Crippen molar-refractivity contribution in [2.45, 2.75) is 6.92 Å². The van der Waals surface area contributed by atoms with Crippen molar-refractivity contribution >= 4 is 27.5 Å². The molecule has 3 rings (SSSR count). The Bertz CT molecular complexity index is 836. The van der Waals surface area contributed by atoms with Crippen LogP contribution in [0, 0.1) is 6.92 Å². The third-order valence-electron chi connectivity index (χ3n) is 3.29. The van der Waals surface area contributed by atoms with Gasteiger partial charge < -0.3 is 14.3 Å². The highest BCUT2D eigenvalue weighted by Gasteiger charge is 2.15. The summed E-state index contributed by atoms with van der Waals surface area (Å²) in [5.74, 6) is 0.863. The largest absolute Gasteiger partial charge is 0.444 e. The molecule has 0 spiro atoms. The van der Waals surface area contributed by atoms with E-state index in [0.717, 1.165) is 17.0 Å². The van der Waals surface area contributed by atoms with Gasteiger partial charge in [0.2, 0.25) is 0 Å². The highest BCUT2D eigenvalue weighted by molar-refractivity contribution is 9.10. The number of furan rings is 1. The summed E-state index contributed by atoms with van der Waals surface area (Å²) in [6, 6.07) is 9.31. The Morgan fingerprint density at radius 1 is 1.36 bits per heavy atom. The molecule has 0 radical (unpaired) electrons. The summed E-state index contributed by atoms with van der Waals surface area (Å²) in [5, 5.41) is 2.84.